The van der Waals surface area contributed by atoms with Gasteiger partial charge in [-0.1, -0.05) is 220 Å². The fourth-order valence-corrected chi connectivity index (χ4v) is 6.47. The molecule has 0 saturated carbocycles. The lowest BCUT2D eigenvalue weighted by molar-refractivity contribution is -0.167. The predicted octanol–water partition coefficient (Wildman–Crippen LogP) is 16.4. The Bertz CT molecular complexity index is 1310. The minimum atomic E-state index is -0.828. The van der Waals surface area contributed by atoms with Crippen molar-refractivity contribution in [2.45, 2.75) is 213 Å². The van der Waals surface area contributed by atoms with Gasteiger partial charge >= 0.3 is 17.9 Å². The highest BCUT2D eigenvalue weighted by molar-refractivity contribution is 5.71. The van der Waals surface area contributed by atoms with E-state index < -0.39 is 12.1 Å². The molecule has 6 heteroatoms. The first kappa shape index (κ1) is 58.1. The van der Waals surface area contributed by atoms with E-state index in [2.05, 4.69) is 69.4 Å². The lowest BCUT2D eigenvalue weighted by Gasteiger charge is -2.18. The molecular formula is C56H90O6. The van der Waals surface area contributed by atoms with Crippen LogP contribution >= 0.6 is 0 Å². The number of hydrogen-bond donors (Lipinski definition) is 0. The standard InChI is InChI=1S/C56H90O6/c1-4-7-10-13-16-19-22-25-26-27-28-29-32-34-37-40-43-46-49-55(58)61-52-53(62-56(59)50-47-44-41-38-35-31-24-21-18-15-12-9-6-3)51-60-54(57)48-45-42-39-36-33-30-23-20-17-14-11-8-5-2/h8-9,11-12,14-15,17-18,20-21,23-24,28-29,31,35,38,41,53H,4-7,10,13,16,19,22,25-27,30,32-34,36-37,39-40,42-52H2,1-3H3/b11-8+,12-9+,17-14+,18-15+,23-20+,24-21+,29-28+,35-31+,41-38+. The summed E-state index contributed by atoms with van der Waals surface area (Å²) in [6.45, 7) is 6.26. The number of unbranched alkanes of at least 4 members (excludes halogenated alkanes) is 20. The van der Waals surface area contributed by atoms with Gasteiger partial charge in [0.25, 0.3) is 0 Å². The van der Waals surface area contributed by atoms with Crippen LogP contribution in [0.1, 0.15) is 207 Å². The van der Waals surface area contributed by atoms with Crippen LogP contribution in [-0.2, 0) is 28.6 Å². The Labute approximate surface area is 380 Å². The van der Waals surface area contributed by atoms with E-state index in [1.165, 1.54) is 70.6 Å². The second kappa shape index (κ2) is 49.7. The molecule has 1 unspecified atom stereocenters. The third-order valence-corrected chi connectivity index (χ3v) is 10.2. The van der Waals surface area contributed by atoms with Gasteiger partial charge in [-0.2, -0.15) is 0 Å². The molecule has 0 radical (unpaired) electrons. The summed E-state index contributed by atoms with van der Waals surface area (Å²) in [5, 5.41) is 0. The van der Waals surface area contributed by atoms with Crippen LogP contribution in [0.2, 0.25) is 0 Å². The maximum Gasteiger partial charge on any atom is 0.306 e. The summed E-state index contributed by atoms with van der Waals surface area (Å²) in [6, 6.07) is 0. The minimum Gasteiger partial charge on any atom is -0.462 e. The largest absolute Gasteiger partial charge is 0.462 e. The fourth-order valence-electron chi connectivity index (χ4n) is 6.47. The van der Waals surface area contributed by atoms with Crippen molar-refractivity contribution in [3.63, 3.8) is 0 Å². The van der Waals surface area contributed by atoms with Crippen LogP contribution in [0.3, 0.4) is 0 Å². The molecule has 0 spiro atoms. The molecule has 0 aliphatic carbocycles. The number of rotatable bonds is 43. The zero-order chi connectivity index (χ0) is 45.1. The molecule has 0 aromatic carbocycles. The van der Waals surface area contributed by atoms with Gasteiger partial charge in [0, 0.05) is 19.3 Å². The molecule has 0 amide bonds. The highest BCUT2D eigenvalue weighted by Gasteiger charge is 2.19. The van der Waals surface area contributed by atoms with E-state index in [-0.39, 0.29) is 31.6 Å². The number of allylic oxidation sites excluding steroid dienone is 18. The van der Waals surface area contributed by atoms with Gasteiger partial charge in [0.15, 0.2) is 6.10 Å². The lowest BCUT2D eigenvalue weighted by Crippen LogP contribution is -2.30. The fraction of sp³-hybridized carbons (Fsp3) is 0.625. The molecule has 0 saturated heterocycles. The average Bonchev–Trinajstić information content (AvgIpc) is 3.27. The zero-order valence-corrected chi connectivity index (χ0v) is 39.8. The first-order valence-corrected chi connectivity index (χ1v) is 25.0. The molecule has 6 nitrogen and oxygen atoms in total. The number of carbonyl (C=O) groups excluding carboxylic acids is 3. The van der Waals surface area contributed by atoms with Crippen LogP contribution in [-0.4, -0.2) is 37.2 Å². The molecule has 0 rings (SSSR count). The van der Waals surface area contributed by atoms with Crippen LogP contribution in [0.4, 0.5) is 0 Å². The quantitative estimate of drug-likeness (QED) is 0.0200. The van der Waals surface area contributed by atoms with Crippen molar-refractivity contribution < 1.29 is 28.6 Å². The van der Waals surface area contributed by atoms with E-state index in [0.29, 0.717) is 19.3 Å². The Morgan fingerprint density at radius 2 is 0.661 bits per heavy atom. The topological polar surface area (TPSA) is 78.9 Å². The van der Waals surface area contributed by atoms with Gasteiger partial charge < -0.3 is 14.2 Å². The van der Waals surface area contributed by atoms with Gasteiger partial charge in [-0.05, 0) is 77.0 Å². The summed E-state index contributed by atoms with van der Waals surface area (Å²) in [4.78, 5) is 37.9. The smallest absolute Gasteiger partial charge is 0.306 e. The van der Waals surface area contributed by atoms with Gasteiger partial charge in [0.1, 0.15) is 13.2 Å². The maximum absolute atomic E-state index is 12.7. The van der Waals surface area contributed by atoms with Crippen molar-refractivity contribution in [3.8, 4) is 0 Å². The van der Waals surface area contributed by atoms with Crippen molar-refractivity contribution in [2.75, 3.05) is 13.2 Å². The predicted molar refractivity (Wildman–Crippen MR) is 265 cm³/mol. The Balaban J connectivity index is 4.50. The van der Waals surface area contributed by atoms with Crippen LogP contribution in [0.25, 0.3) is 0 Å². The maximum atomic E-state index is 12.7. The van der Waals surface area contributed by atoms with Gasteiger partial charge in [-0.3, -0.25) is 14.4 Å². The molecule has 0 aliphatic rings. The first-order valence-electron chi connectivity index (χ1n) is 25.0. The molecule has 0 N–H and O–H groups in total. The summed E-state index contributed by atoms with van der Waals surface area (Å²) in [7, 11) is 0. The monoisotopic (exact) mass is 859 g/mol. The van der Waals surface area contributed by atoms with Crippen LogP contribution < -0.4 is 0 Å². The Morgan fingerprint density at radius 1 is 0.339 bits per heavy atom. The summed E-state index contributed by atoms with van der Waals surface area (Å²) in [6.07, 6.45) is 66.6. The second-order valence-corrected chi connectivity index (χ2v) is 16.1. The zero-order valence-electron chi connectivity index (χ0n) is 39.8. The highest BCUT2D eigenvalue weighted by atomic mass is 16.6. The SMILES string of the molecule is CC/C=C/C=C/C=C/C=C/C=C/CCCC(=O)OC(COC(=O)CCCCCCC/C=C/C=C/C=C/CC)COC(=O)CCCCCCC/C=C/CCCCCCCCCCC. The summed E-state index contributed by atoms with van der Waals surface area (Å²) < 4.78 is 16.7. The normalized spacial score (nSPS) is 13.0. The average molecular weight is 859 g/mol. The van der Waals surface area contributed by atoms with Crippen LogP contribution in [0.5, 0.6) is 0 Å². The summed E-state index contributed by atoms with van der Waals surface area (Å²) in [5.74, 6) is -1.03. The number of ether oxygens (including phenoxy) is 3. The van der Waals surface area contributed by atoms with E-state index in [4.69, 9.17) is 14.2 Å². The summed E-state index contributed by atoms with van der Waals surface area (Å²) in [5.41, 5.74) is 0. The van der Waals surface area contributed by atoms with Gasteiger partial charge in [0.2, 0.25) is 0 Å². The third kappa shape index (κ3) is 47.1. The van der Waals surface area contributed by atoms with E-state index in [9.17, 15) is 14.4 Å². The van der Waals surface area contributed by atoms with Gasteiger partial charge in [-0.25, -0.2) is 0 Å². The van der Waals surface area contributed by atoms with E-state index in [0.717, 1.165) is 89.9 Å². The van der Waals surface area contributed by atoms with Crippen LogP contribution in [0, 0.1) is 0 Å². The molecule has 350 valence electrons. The van der Waals surface area contributed by atoms with Crippen molar-refractivity contribution in [1.82, 2.24) is 0 Å². The van der Waals surface area contributed by atoms with Gasteiger partial charge in [0.05, 0.1) is 0 Å². The number of esters is 3. The van der Waals surface area contributed by atoms with E-state index in [1.807, 2.05) is 60.8 Å². The molecule has 0 bridgehead atoms. The summed E-state index contributed by atoms with van der Waals surface area (Å²) >= 11 is 0. The number of hydrogen-bond acceptors (Lipinski definition) is 6. The Kier molecular flexibility index (Phi) is 46.6. The third-order valence-electron chi connectivity index (χ3n) is 10.2. The number of carbonyl (C=O) groups is 3. The second-order valence-electron chi connectivity index (χ2n) is 16.1. The molecule has 0 aromatic rings. The molecule has 0 aliphatic heterocycles. The molecule has 62 heavy (non-hydrogen) atoms. The molecular weight excluding hydrogens is 769 g/mol. The molecule has 0 fully saturated rings. The highest BCUT2D eigenvalue weighted by Crippen LogP contribution is 2.13. The van der Waals surface area contributed by atoms with Crippen molar-refractivity contribution in [3.05, 3.63) is 109 Å². The Morgan fingerprint density at radius 3 is 1.08 bits per heavy atom. The molecule has 1 atom stereocenters. The Hall–Kier alpha value is -3.93. The van der Waals surface area contributed by atoms with E-state index >= 15 is 0 Å². The van der Waals surface area contributed by atoms with Crippen molar-refractivity contribution in [2.24, 2.45) is 0 Å². The molecule has 0 aromatic heterocycles. The van der Waals surface area contributed by atoms with Gasteiger partial charge in [-0.15, -0.1) is 0 Å². The first-order chi connectivity index (χ1) is 30.5. The molecule has 0 heterocycles. The van der Waals surface area contributed by atoms with E-state index in [1.54, 1.807) is 0 Å². The van der Waals surface area contributed by atoms with Crippen molar-refractivity contribution >= 4 is 17.9 Å². The van der Waals surface area contributed by atoms with Crippen molar-refractivity contribution in [1.29, 1.82) is 0 Å². The minimum absolute atomic E-state index is 0.120. The lowest BCUT2D eigenvalue weighted by atomic mass is 10.1. The van der Waals surface area contributed by atoms with Crippen LogP contribution in [0.15, 0.2) is 109 Å².